The Labute approximate surface area is 117 Å². The summed E-state index contributed by atoms with van der Waals surface area (Å²) in [5.41, 5.74) is 2.89. The molecule has 0 fully saturated rings. The van der Waals surface area contributed by atoms with Gasteiger partial charge in [-0.3, -0.25) is 0 Å². The Morgan fingerprint density at radius 2 is 1.79 bits per heavy atom. The van der Waals surface area contributed by atoms with Crippen molar-refractivity contribution in [3.8, 4) is 0 Å². The van der Waals surface area contributed by atoms with E-state index in [1.807, 2.05) is 0 Å². The Morgan fingerprint density at radius 1 is 1.05 bits per heavy atom. The summed E-state index contributed by atoms with van der Waals surface area (Å²) in [6.07, 6.45) is 9.32. The molecule has 0 aromatic heterocycles. The Morgan fingerprint density at radius 3 is 2.37 bits per heavy atom. The molecule has 1 unspecified atom stereocenters. The molecule has 1 atom stereocenters. The molecule has 0 N–H and O–H groups in total. The lowest BCUT2D eigenvalue weighted by Gasteiger charge is -2.23. The van der Waals surface area contributed by atoms with Crippen molar-refractivity contribution in [2.45, 2.75) is 52.4 Å². The SMILES string of the molecule is CCCC1=CCC(CCc2ccc(CC)cc2)CO1. The first-order valence-corrected chi connectivity index (χ1v) is 7.71. The third-order valence-electron chi connectivity index (χ3n) is 3.95. The number of ether oxygens (including phenoxy) is 1. The minimum absolute atomic E-state index is 0.700. The molecule has 1 heteroatoms. The van der Waals surface area contributed by atoms with Gasteiger partial charge in [-0.2, -0.15) is 0 Å². The van der Waals surface area contributed by atoms with Crippen LogP contribution in [0.25, 0.3) is 0 Å². The van der Waals surface area contributed by atoms with E-state index in [1.165, 1.54) is 42.6 Å². The Kier molecular flexibility index (Phi) is 5.50. The van der Waals surface area contributed by atoms with Gasteiger partial charge in [-0.25, -0.2) is 0 Å². The lowest BCUT2D eigenvalue weighted by molar-refractivity contribution is 0.134. The van der Waals surface area contributed by atoms with Crippen LogP contribution in [0.2, 0.25) is 0 Å². The molecule has 0 radical (unpaired) electrons. The highest BCUT2D eigenvalue weighted by Gasteiger charge is 2.14. The molecule has 0 aliphatic carbocycles. The normalized spacial score (nSPS) is 18.8. The van der Waals surface area contributed by atoms with Gasteiger partial charge in [0.15, 0.2) is 0 Å². The summed E-state index contributed by atoms with van der Waals surface area (Å²) in [5.74, 6) is 1.91. The number of benzene rings is 1. The monoisotopic (exact) mass is 258 g/mol. The van der Waals surface area contributed by atoms with Crippen molar-refractivity contribution in [2.24, 2.45) is 5.92 Å². The smallest absolute Gasteiger partial charge is 0.0920 e. The van der Waals surface area contributed by atoms with Crippen LogP contribution in [0, 0.1) is 5.92 Å². The molecule has 1 aliphatic heterocycles. The largest absolute Gasteiger partial charge is 0.498 e. The molecule has 19 heavy (non-hydrogen) atoms. The highest BCUT2D eigenvalue weighted by atomic mass is 16.5. The van der Waals surface area contributed by atoms with Gasteiger partial charge in [0.2, 0.25) is 0 Å². The maximum Gasteiger partial charge on any atom is 0.0920 e. The molecule has 0 saturated heterocycles. The number of rotatable bonds is 6. The standard InChI is InChI=1S/C18H26O/c1-3-5-18-13-12-17(14-19-18)11-10-16-8-6-15(4-2)7-9-16/h6-9,13,17H,3-5,10-12,14H2,1-2H3. The summed E-state index contributed by atoms with van der Waals surface area (Å²) in [7, 11) is 0. The van der Waals surface area contributed by atoms with Crippen LogP contribution in [0.15, 0.2) is 36.1 Å². The molecular formula is C18H26O. The second kappa shape index (κ2) is 7.37. The second-order valence-electron chi connectivity index (χ2n) is 5.54. The molecule has 104 valence electrons. The van der Waals surface area contributed by atoms with E-state index in [4.69, 9.17) is 4.74 Å². The fraction of sp³-hybridized carbons (Fsp3) is 0.556. The van der Waals surface area contributed by atoms with Gasteiger partial charge in [-0.1, -0.05) is 38.1 Å². The van der Waals surface area contributed by atoms with Crippen LogP contribution >= 0.6 is 0 Å². The summed E-state index contributed by atoms with van der Waals surface area (Å²) in [6, 6.07) is 9.07. The van der Waals surface area contributed by atoms with E-state index < -0.39 is 0 Å². The van der Waals surface area contributed by atoms with Crippen LogP contribution in [0.4, 0.5) is 0 Å². The summed E-state index contributed by atoms with van der Waals surface area (Å²) in [4.78, 5) is 0. The predicted octanol–water partition coefficient (Wildman–Crippen LogP) is 4.90. The van der Waals surface area contributed by atoms with E-state index in [0.717, 1.165) is 19.4 Å². The van der Waals surface area contributed by atoms with Gasteiger partial charge < -0.3 is 4.74 Å². The van der Waals surface area contributed by atoms with Crippen LogP contribution in [0.3, 0.4) is 0 Å². The zero-order valence-corrected chi connectivity index (χ0v) is 12.3. The fourth-order valence-electron chi connectivity index (χ4n) is 2.58. The first kappa shape index (κ1) is 14.2. The van der Waals surface area contributed by atoms with Crippen molar-refractivity contribution in [3.63, 3.8) is 0 Å². The Bertz CT molecular complexity index is 402. The van der Waals surface area contributed by atoms with Crippen LogP contribution in [-0.4, -0.2) is 6.61 Å². The summed E-state index contributed by atoms with van der Waals surface area (Å²) >= 11 is 0. The van der Waals surface area contributed by atoms with Crippen LogP contribution in [0.1, 0.15) is 50.7 Å². The zero-order valence-electron chi connectivity index (χ0n) is 12.3. The second-order valence-corrected chi connectivity index (χ2v) is 5.54. The third-order valence-corrected chi connectivity index (χ3v) is 3.95. The van der Waals surface area contributed by atoms with Gasteiger partial charge in [-0.15, -0.1) is 0 Å². The highest BCUT2D eigenvalue weighted by molar-refractivity contribution is 5.22. The predicted molar refractivity (Wildman–Crippen MR) is 81.2 cm³/mol. The van der Waals surface area contributed by atoms with Crippen molar-refractivity contribution in [1.82, 2.24) is 0 Å². The van der Waals surface area contributed by atoms with Crippen LogP contribution in [0.5, 0.6) is 0 Å². The number of allylic oxidation sites excluding steroid dienone is 2. The molecule has 1 nitrogen and oxygen atoms in total. The van der Waals surface area contributed by atoms with Crippen molar-refractivity contribution in [3.05, 3.63) is 47.2 Å². The van der Waals surface area contributed by atoms with Crippen molar-refractivity contribution >= 4 is 0 Å². The van der Waals surface area contributed by atoms with Crippen molar-refractivity contribution in [2.75, 3.05) is 6.61 Å². The van der Waals surface area contributed by atoms with Gasteiger partial charge in [-0.05, 0) is 55.2 Å². The summed E-state index contributed by atoms with van der Waals surface area (Å²) in [6.45, 7) is 5.32. The quantitative estimate of drug-likeness (QED) is 0.705. The van der Waals surface area contributed by atoms with E-state index >= 15 is 0 Å². The van der Waals surface area contributed by atoms with E-state index in [0.29, 0.717) is 5.92 Å². The summed E-state index contributed by atoms with van der Waals surface area (Å²) < 4.78 is 5.82. The van der Waals surface area contributed by atoms with Gasteiger partial charge in [0.05, 0.1) is 12.4 Å². The van der Waals surface area contributed by atoms with Gasteiger partial charge >= 0.3 is 0 Å². The third kappa shape index (κ3) is 4.41. The van der Waals surface area contributed by atoms with Gasteiger partial charge in [0, 0.05) is 6.42 Å². The Hall–Kier alpha value is -1.24. The minimum Gasteiger partial charge on any atom is -0.498 e. The van der Waals surface area contributed by atoms with Gasteiger partial charge in [0.1, 0.15) is 0 Å². The molecule has 1 aromatic carbocycles. The lowest BCUT2D eigenvalue weighted by Crippen LogP contribution is -2.14. The van der Waals surface area contributed by atoms with Crippen LogP contribution < -0.4 is 0 Å². The topological polar surface area (TPSA) is 9.23 Å². The zero-order chi connectivity index (χ0) is 13.5. The maximum atomic E-state index is 5.82. The fourth-order valence-corrected chi connectivity index (χ4v) is 2.58. The van der Waals surface area contributed by atoms with Gasteiger partial charge in [0.25, 0.3) is 0 Å². The molecule has 0 spiro atoms. The first-order chi connectivity index (χ1) is 9.31. The lowest BCUT2D eigenvalue weighted by atomic mass is 9.94. The number of hydrogen-bond donors (Lipinski definition) is 0. The van der Waals surface area contributed by atoms with E-state index in [2.05, 4.69) is 44.2 Å². The average Bonchev–Trinajstić information content (AvgIpc) is 2.47. The van der Waals surface area contributed by atoms with Crippen molar-refractivity contribution < 1.29 is 4.74 Å². The average molecular weight is 258 g/mol. The van der Waals surface area contributed by atoms with E-state index in [9.17, 15) is 0 Å². The molecule has 0 bridgehead atoms. The highest BCUT2D eigenvalue weighted by Crippen LogP contribution is 2.23. The molecule has 0 saturated carbocycles. The van der Waals surface area contributed by atoms with Crippen molar-refractivity contribution in [1.29, 1.82) is 0 Å². The molecule has 2 rings (SSSR count). The number of hydrogen-bond acceptors (Lipinski definition) is 1. The first-order valence-electron chi connectivity index (χ1n) is 7.71. The molecule has 1 heterocycles. The van der Waals surface area contributed by atoms with E-state index in [-0.39, 0.29) is 0 Å². The molecule has 1 aromatic rings. The summed E-state index contributed by atoms with van der Waals surface area (Å²) in [5, 5.41) is 0. The molecular weight excluding hydrogens is 232 g/mol. The van der Waals surface area contributed by atoms with Crippen LogP contribution in [-0.2, 0) is 17.6 Å². The Balaban J connectivity index is 1.77. The minimum atomic E-state index is 0.700. The maximum absolute atomic E-state index is 5.82. The molecule has 0 amide bonds. The number of aryl methyl sites for hydroxylation is 2. The van der Waals surface area contributed by atoms with E-state index in [1.54, 1.807) is 0 Å². The molecule has 1 aliphatic rings.